The lowest BCUT2D eigenvalue weighted by Crippen LogP contribution is -2.46. The highest BCUT2D eigenvalue weighted by atomic mass is 32.1. The predicted octanol–water partition coefficient (Wildman–Crippen LogP) is 5.07. The summed E-state index contributed by atoms with van der Waals surface area (Å²) < 4.78 is 11.5. The van der Waals surface area contributed by atoms with Crippen molar-refractivity contribution >= 4 is 34.5 Å². The van der Waals surface area contributed by atoms with Crippen LogP contribution in [-0.4, -0.2) is 54.0 Å². The number of rotatable bonds is 9. The highest BCUT2D eigenvalue weighted by Gasteiger charge is 2.35. The van der Waals surface area contributed by atoms with Crippen LogP contribution in [0.15, 0.2) is 51.6 Å². The first-order valence-electron chi connectivity index (χ1n) is 12.7. The lowest BCUT2D eigenvalue weighted by molar-refractivity contribution is -0.127. The van der Waals surface area contributed by atoms with Crippen molar-refractivity contribution in [1.29, 1.82) is 0 Å². The fraction of sp³-hybridized carbons (Fsp3) is 0.481. The zero-order valence-corrected chi connectivity index (χ0v) is 22.0. The summed E-state index contributed by atoms with van der Waals surface area (Å²) in [5.41, 5.74) is 0. The van der Waals surface area contributed by atoms with E-state index in [1.807, 2.05) is 41.1 Å². The molecule has 1 unspecified atom stereocenters. The van der Waals surface area contributed by atoms with E-state index in [-0.39, 0.29) is 23.6 Å². The van der Waals surface area contributed by atoms with E-state index >= 15 is 0 Å². The Kier molecular flexibility index (Phi) is 8.53. The Hall–Kier alpha value is -2.46. The van der Waals surface area contributed by atoms with Crippen molar-refractivity contribution in [3.63, 3.8) is 0 Å². The molecule has 4 heterocycles. The summed E-state index contributed by atoms with van der Waals surface area (Å²) >= 11 is 3.09. The quantitative estimate of drug-likeness (QED) is 0.421. The molecule has 1 N–H and O–H groups in total. The third kappa shape index (κ3) is 6.26. The molecule has 5 rings (SSSR count). The van der Waals surface area contributed by atoms with Crippen molar-refractivity contribution in [2.45, 2.75) is 57.3 Å². The summed E-state index contributed by atoms with van der Waals surface area (Å²) in [6.07, 6.45) is 5.46. The third-order valence-corrected chi connectivity index (χ3v) is 8.63. The summed E-state index contributed by atoms with van der Waals surface area (Å²) in [7, 11) is 0. The Morgan fingerprint density at radius 2 is 1.81 bits per heavy atom. The van der Waals surface area contributed by atoms with Crippen LogP contribution >= 0.6 is 22.7 Å². The predicted molar refractivity (Wildman–Crippen MR) is 141 cm³/mol. The molecule has 2 aliphatic rings. The van der Waals surface area contributed by atoms with Gasteiger partial charge in [-0.1, -0.05) is 31.4 Å². The Morgan fingerprint density at radius 3 is 2.53 bits per heavy atom. The van der Waals surface area contributed by atoms with E-state index in [0.29, 0.717) is 26.3 Å². The number of ether oxygens (including phenoxy) is 1. The van der Waals surface area contributed by atoms with Crippen LogP contribution < -0.4 is 5.32 Å². The first-order valence-corrected chi connectivity index (χ1v) is 14.5. The molecule has 0 aromatic carbocycles. The summed E-state index contributed by atoms with van der Waals surface area (Å²) in [5, 5.41) is 7.21. The zero-order valence-electron chi connectivity index (χ0n) is 20.4. The van der Waals surface area contributed by atoms with Crippen LogP contribution in [0.3, 0.4) is 0 Å². The fourth-order valence-corrected chi connectivity index (χ4v) is 6.49. The van der Waals surface area contributed by atoms with E-state index in [4.69, 9.17) is 9.15 Å². The maximum atomic E-state index is 13.9. The Balaban J connectivity index is 1.40. The van der Waals surface area contributed by atoms with Gasteiger partial charge in [-0.15, -0.1) is 22.7 Å². The zero-order chi connectivity index (χ0) is 24.7. The summed E-state index contributed by atoms with van der Waals surface area (Å²) in [6, 6.07) is 10.9. The molecule has 3 aromatic heterocycles. The number of furan rings is 1. The molecule has 1 atom stereocenters. The number of nitrogens with zero attached hydrogens (tertiary/aromatic N) is 2. The molecular formula is C27H33N3O4S2. The van der Waals surface area contributed by atoms with Crippen molar-refractivity contribution in [1.82, 2.24) is 15.1 Å². The molecule has 1 aliphatic heterocycles. The number of hydrogen-bond donors (Lipinski definition) is 1. The maximum Gasteiger partial charge on any atom is 0.290 e. The van der Waals surface area contributed by atoms with Crippen molar-refractivity contribution in [2.24, 2.45) is 0 Å². The van der Waals surface area contributed by atoms with Gasteiger partial charge in [0.1, 0.15) is 11.8 Å². The first kappa shape index (κ1) is 25.2. The lowest BCUT2D eigenvalue weighted by Gasteiger charge is -2.32. The van der Waals surface area contributed by atoms with Crippen LogP contribution in [0.2, 0.25) is 0 Å². The number of nitrogens with one attached hydrogen (secondary N) is 1. The molecule has 192 valence electrons. The molecule has 3 aromatic rings. The minimum Gasteiger partial charge on any atom is -0.455 e. The number of carbonyl (C=O) groups is 2. The van der Waals surface area contributed by atoms with Crippen molar-refractivity contribution in [3.05, 3.63) is 68.4 Å². The van der Waals surface area contributed by atoms with Gasteiger partial charge in [-0.3, -0.25) is 14.5 Å². The van der Waals surface area contributed by atoms with Crippen LogP contribution in [0.5, 0.6) is 0 Å². The third-order valence-electron chi connectivity index (χ3n) is 6.85. The number of hydrogen-bond acceptors (Lipinski definition) is 7. The van der Waals surface area contributed by atoms with Crippen molar-refractivity contribution in [2.75, 3.05) is 26.3 Å². The molecule has 1 saturated heterocycles. The second-order valence-electron chi connectivity index (χ2n) is 9.43. The average molecular weight is 528 g/mol. The van der Waals surface area contributed by atoms with Crippen molar-refractivity contribution < 1.29 is 18.7 Å². The molecule has 7 nitrogen and oxygen atoms in total. The largest absolute Gasteiger partial charge is 0.455 e. The molecule has 9 heteroatoms. The van der Waals surface area contributed by atoms with E-state index in [1.165, 1.54) is 17.8 Å². The Morgan fingerprint density at radius 1 is 1.03 bits per heavy atom. The van der Waals surface area contributed by atoms with Crippen LogP contribution in [0.25, 0.3) is 0 Å². The number of carbonyl (C=O) groups excluding carboxylic acids is 2. The van der Waals surface area contributed by atoms with Gasteiger partial charge in [-0.25, -0.2) is 0 Å². The molecule has 0 spiro atoms. The lowest BCUT2D eigenvalue weighted by atomic mass is 9.95. The van der Waals surface area contributed by atoms with Gasteiger partial charge in [0.05, 0.1) is 26.3 Å². The van der Waals surface area contributed by atoms with Gasteiger partial charge in [0.2, 0.25) is 5.91 Å². The molecule has 0 radical (unpaired) electrons. The fourth-order valence-electron chi connectivity index (χ4n) is 4.95. The van der Waals surface area contributed by atoms with Gasteiger partial charge in [0, 0.05) is 28.9 Å². The molecular weight excluding hydrogens is 494 g/mol. The number of thiophene rings is 2. The SMILES string of the molecule is O=C(NC1CCCCC1)C(c1cccs1)N(Cc1cccs1)C(=O)c1ccc(CN2CCOCC2)o1. The van der Waals surface area contributed by atoms with Crippen LogP contribution in [0, 0.1) is 0 Å². The molecule has 0 bridgehead atoms. The van der Waals surface area contributed by atoms with Crippen LogP contribution in [0.1, 0.15) is 64.2 Å². The first-order chi connectivity index (χ1) is 17.7. The number of morpholine rings is 1. The number of amides is 2. The Bertz CT molecular complexity index is 1100. The van der Waals surface area contributed by atoms with Gasteiger partial charge in [-0.05, 0) is 47.9 Å². The minimum atomic E-state index is -0.714. The normalized spacial score (nSPS) is 18.1. The topological polar surface area (TPSA) is 75.0 Å². The smallest absolute Gasteiger partial charge is 0.290 e. The van der Waals surface area contributed by atoms with E-state index in [2.05, 4.69) is 10.2 Å². The standard InChI is InChI=1S/C27H33N3O4S2/c31-26(28-20-6-2-1-3-7-20)25(24-9-5-17-36-24)30(19-22-8-4-16-35-22)27(32)23-11-10-21(34-23)18-29-12-14-33-15-13-29/h4-5,8-11,16-17,20,25H,1-3,6-7,12-15,18-19H2,(H,28,31). The summed E-state index contributed by atoms with van der Waals surface area (Å²) in [5.74, 6) is 0.626. The van der Waals surface area contributed by atoms with Gasteiger partial charge >= 0.3 is 0 Å². The Labute approximate surface area is 220 Å². The van der Waals surface area contributed by atoms with Gasteiger partial charge < -0.3 is 19.4 Å². The molecule has 2 fully saturated rings. The van der Waals surface area contributed by atoms with Gasteiger partial charge in [0.15, 0.2) is 5.76 Å². The second-order valence-corrected chi connectivity index (χ2v) is 11.4. The highest BCUT2D eigenvalue weighted by molar-refractivity contribution is 7.10. The van der Waals surface area contributed by atoms with E-state index in [0.717, 1.165) is 54.3 Å². The molecule has 36 heavy (non-hydrogen) atoms. The van der Waals surface area contributed by atoms with Crippen LogP contribution in [0.4, 0.5) is 0 Å². The van der Waals surface area contributed by atoms with Crippen molar-refractivity contribution in [3.8, 4) is 0 Å². The van der Waals surface area contributed by atoms with E-state index < -0.39 is 6.04 Å². The summed E-state index contributed by atoms with van der Waals surface area (Å²) in [6.45, 7) is 4.08. The van der Waals surface area contributed by atoms with Crippen LogP contribution in [-0.2, 0) is 22.6 Å². The van der Waals surface area contributed by atoms with Gasteiger partial charge in [-0.2, -0.15) is 0 Å². The maximum absolute atomic E-state index is 13.9. The highest BCUT2D eigenvalue weighted by Crippen LogP contribution is 2.31. The average Bonchev–Trinajstić information content (AvgIpc) is 3.68. The molecule has 1 aliphatic carbocycles. The minimum absolute atomic E-state index is 0.116. The van der Waals surface area contributed by atoms with Gasteiger partial charge in [0.25, 0.3) is 5.91 Å². The summed E-state index contributed by atoms with van der Waals surface area (Å²) in [4.78, 5) is 33.5. The molecule has 1 saturated carbocycles. The second kappa shape index (κ2) is 12.2. The van der Waals surface area contributed by atoms with E-state index in [1.54, 1.807) is 22.3 Å². The monoisotopic (exact) mass is 527 g/mol. The van der Waals surface area contributed by atoms with E-state index in [9.17, 15) is 9.59 Å². The molecule has 2 amide bonds.